The first-order chi connectivity index (χ1) is 9.70. The Kier molecular flexibility index (Phi) is 5.68. The summed E-state index contributed by atoms with van der Waals surface area (Å²) < 4.78 is 5.92. The molecule has 2 rings (SSSR count). The third-order valence-electron chi connectivity index (χ3n) is 3.34. The summed E-state index contributed by atoms with van der Waals surface area (Å²) in [6.45, 7) is 4.34. The molecule has 5 heteroatoms. The van der Waals surface area contributed by atoms with Crippen molar-refractivity contribution in [1.82, 2.24) is 10.6 Å². The van der Waals surface area contributed by atoms with E-state index < -0.39 is 6.10 Å². The molecule has 20 heavy (non-hydrogen) atoms. The second kappa shape index (κ2) is 7.50. The van der Waals surface area contributed by atoms with Crippen molar-refractivity contribution in [2.45, 2.75) is 38.8 Å². The number of benzene rings is 1. The van der Waals surface area contributed by atoms with Crippen LogP contribution in [0, 0.1) is 0 Å². The van der Waals surface area contributed by atoms with E-state index in [9.17, 15) is 4.79 Å². The lowest BCUT2D eigenvalue weighted by molar-refractivity contribution is -0.127. The van der Waals surface area contributed by atoms with Gasteiger partial charge in [0.15, 0.2) is 6.10 Å². The molecule has 0 aromatic heterocycles. The molecule has 0 bridgehead atoms. The van der Waals surface area contributed by atoms with Gasteiger partial charge in [-0.05, 0) is 44.0 Å². The molecule has 1 fully saturated rings. The summed E-state index contributed by atoms with van der Waals surface area (Å²) in [5.74, 6) is 0.712. The van der Waals surface area contributed by atoms with E-state index in [1.807, 2.05) is 19.1 Å². The Morgan fingerprint density at radius 3 is 3.10 bits per heavy atom. The van der Waals surface area contributed by atoms with E-state index >= 15 is 0 Å². The molecule has 1 unspecified atom stereocenters. The van der Waals surface area contributed by atoms with Crippen LogP contribution in [-0.4, -0.2) is 25.1 Å². The van der Waals surface area contributed by atoms with Crippen molar-refractivity contribution < 1.29 is 9.53 Å². The van der Waals surface area contributed by atoms with Gasteiger partial charge in [0.2, 0.25) is 0 Å². The molecule has 2 N–H and O–H groups in total. The zero-order chi connectivity index (χ0) is 14.4. The molecule has 4 nitrogen and oxygen atoms in total. The number of hydrogen-bond donors (Lipinski definition) is 2. The first kappa shape index (κ1) is 15.1. The van der Waals surface area contributed by atoms with Gasteiger partial charge in [0.25, 0.3) is 5.91 Å². The van der Waals surface area contributed by atoms with Crippen molar-refractivity contribution in [2.75, 3.05) is 13.1 Å². The minimum atomic E-state index is -0.404. The molecule has 0 saturated carbocycles. The molecular formula is C15H21ClN2O2. The SMILES string of the molecule is CCNCc1cc(Cl)ccc1OC1CCCCNC1=O. The summed E-state index contributed by atoms with van der Waals surface area (Å²) in [6, 6.07) is 5.52. The van der Waals surface area contributed by atoms with E-state index in [4.69, 9.17) is 16.3 Å². The Morgan fingerprint density at radius 1 is 1.45 bits per heavy atom. The summed E-state index contributed by atoms with van der Waals surface area (Å²) >= 11 is 6.03. The van der Waals surface area contributed by atoms with E-state index in [-0.39, 0.29) is 5.91 Å². The van der Waals surface area contributed by atoms with E-state index in [0.29, 0.717) is 11.6 Å². The number of rotatable bonds is 5. The van der Waals surface area contributed by atoms with Crippen LogP contribution in [0.1, 0.15) is 31.7 Å². The number of carbonyl (C=O) groups excluding carboxylic acids is 1. The summed E-state index contributed by atoms with van der Waals surface area (Å²) in [5.41, 5.74) is 0.983. The first-order valence-electron chi connectivity index (χ1n) is 7.14. The van der Waals surface area contributed by atoms with Gasteiger partial charge in [-0.2, -0.15) is 0 Å². The Balaban J connectivity index is 2.12. The lowest BCUT2D eigenvalue weighted by Crippen LogP contribution is -2.36. The maximum atomic E-state index is 11.9. The van der Waals surface area contributed by atoms with Gasteiger partial charge >= 0.3 is 0 Å². The number of carbonyl (C=O) groups is 1. The van der Waals surface area contributed by atoms with E-state index in [1.54, 1.807) is 6.07 Å². The highest BCUT2D eigenvalue weighted by molar-refractivity contribution is 6.30. The van der Waals surface area contributed by atoms with Gasteiger partial charge in [-0.15, -0.1) is 0 Å². The lowest BCUT2D eigenvalue weighted by atomic mass is 10.1. The van der Waals surface area contributed by atoms with Crippen LogP contribution >= 0.6 is 11.6 Å². The predicted molar refractivity (Wildman–Crippen MR) is 80.1 cm³/mol. The Labute approximate surface area is 124 Å². The standard InChI is InChI=1S/C15H21ClN2O2/c1-2-17-10-11-9-12(16)6-7-13(11)20-14-5-3-4-8-18-15(14)19/h6-7,9,14,17H,2-5,8,10H2,1H3,(H,18,19). The first-order valence-corrected chi connectivity index (χ1v) is 7.52. The van der Waals surface area contributed by atoms with Gasteiger partial charge in [0.1, 0.15) is 5.75 Å². The fourth-order valence-corrected chi connectivity index (χ4v) is 2.43. The molecule has 1 aromatic rings. The van der Waals surface area contributed by atoms with Crippen molar-refractivity contribution in [1.29, 1.82) is 0 Å². The monoisotopic (exact) mass is 296 g/mol. The van der Waals surface area contributed by atoms with E-state index in [2.05, 4.69) is 10.6 Å². The van der Waals surface area contributed by atoms with Crippen molar-refractivity contribution in [3.8, 4) is 5.75 Å². The second-order valence-corrected chi connectivity index (χ2v) is 5.36. The van der Waals surface area contributed by atoms with Gasteiger partial charge in [-0.1, -0.05) is 18.5 Å². The molecule has 1 atom stereocenters. The van der Waals surface area contributed by atoms with Gasteiger partial charge in [-0.3, -0.25) is 4.79 Å². The van der Waals surface area contributed by atoms with Crippen LogP contribution in [0.15, 0.2) is 18.2 Å². The van der Waals surface area contributed by atoms with Crippen molar-refractivity contribution >= 4 is 17.5 Å². The van der Waals surface area contributed by atoms with Crippen LogP contribution in [0.25, 0.3) is 0 Å². The molecule has 1 aliphatic heterocycles. The van der Waals surface area contributed by atoms with Gasteiger partial charge < -0.3 is 15.4 Å². The van der Waals surface area contributed by atoms with Crippen LogP contribution in [0.3, 0.4) is 0 Å². The highest BCUT2D eigenvalue weighted by Crippen LogP contribution is 2.25. The minimum Gasteiger partial charge on any atom is -0.480 e. The number of hydrogen-bond acceptors (Lipinski definition) is 3. The maximum absolute atomic E-state index is 11.9. The molecular weight excluding hydrogens is 276 g/mol. The quantitative estimate of drug-likeness (QED) is 0.878. The fraction of sp³-hybridized carbons (Fsp3) is 0.533. The predicted octanol–water partition coefficient (Wildman–Crippen LogP) is 2.50. The molecule has 1 saturated heterocycles. The number of halogens is 1. The average molecular weight is 297 g/mol. The summed E-state index contributed by atoms with van der Waals surface area (Å²) in [5, 5.41) is 6.81. The minimum absolute atomic E-state index is 0.0214. The largest absolute Gasteiger partial charge is 0.480 e. The second-order valence-electron chi connectivity index (χ2n) is 4.93. The van der Waals surface area contributed by atoms with Gasteiger partial charge in [0, 0.05) is 23.7 Å². The fourth-order valence-electron chi connectivity index (χ4n) is 2.24. The topological polar surface area (TPSA) is 50.4 Å². The summed E-state index contributed by atoms with van der Waals surface area (Å²) in [7, 11) is 0. The number of ether oxygens (including phenoxy) is 1. The highest BCUT2D eigenvalue weighted by Gasteiger charge is 2.23. The summed E-state index contributed by atoms with van der Waals surface area (Å²) in [4.78, 5) is 11.9. The zero-order valence-corrected chi connectivity index (χ0v) is 12.5. The Morgan fingerprint density at radius 2 is 2.30 bits per heavy atom. The molecule has 0 aliphatic carbocycles. The molecule has 110 valence electrons. The van der Waals surface area contributed by atoms with E-state index in [1.165, 1.54) is 0 Å². The van der Waals surface area contributed by atoms with Crippen molar-refractivity contribution in [3.05, 3.63) is 28.8 Å². The number of amides is 1. The van der Waals surface area contributed by atoms with E-state index in [0.717, 1.165) is 43.7 Å². The van der Waals surface area contributed by atoms with Crippen LogP contribution in [0.4, 0.5) is 0 Å². The third kappa shape index (κ3) is 4.12. The van der Waals surface area contributed by atoms with Crippen LogP contribution < -0.4 is 15.4 Å². The molecule has 1 amide bonds. The molecule has 0 spiro atoms. The molecule has 1 heterocycles. The van der Waals surface area contributed by atoms with Gasteiger partial charge in [0.05, 0.1) is 0 Å². The smallest absolute Gasteiger partial charge is 0.261 e. The molecule has 1 aliphatic rings. The van der Waals surface area contributed by atoms with Crippen LogP contribution in [0.5, 0.6) is 5.75 Å². The lowest BCUT2D eigenvalue weighted by Gasteiger charge is -2.18. The Bertz CT molecular complexity index is 465. The third-order valence-corrected chi connectivity index (χ3v) is 3.58. The average Bonchev–Trinajstić information content (AvgIpc) is 2.64. The highest BCUT2D eigenvalue weighted by atomic mass is 35.5. The summed E-state index contributed by atoms with van der Waals surface area (Å²) in [6.07, 6.45) is 2.37. The van der Waals surface area contributed by atoms with Crippen molar-refractivity contribution in [2.24, 2.45) is 0 Å². The molecule has 1 aromatic carbocycles. The van der Waals surface area contributed by atoms with Crippen LogP contribution in [0.2, 0.25) is 5.02 Å². The number of nitrogens with one attached hydrogen (secondary N) is 2. The zero-order valence-electron chi connectivity index (χ0n) is 11.7. The normalized spacial score (nSPS) is 19.3. The van der Waals surface area contributed by atoms with Gasteiger partial charge in [-0.25, -0.2) is 0 Å². The maximum Gasteiger partial charge on any atom is 0.261 e. The van der Waals surface area contributed by atoms with Crippen LogP contribution in [-0.2, 0) is 11.3 Å². The Hall–Kier alpha value is -1.26. The molecule has 0 radical (unpaired) electrons. The van der Waals surface area contributed by atoms with Crippen molar-refractivity contribution in [3.63, 3.8) is 0 Å².